The Hall–Kier alpha value is -2.89. The highest BCUT2D eigenvalue weighted by atomic mass is 32.2. The van der Waals surface area contributed by atoms with E-state index in [0.29, 0.717) is 5.56 Å². The molecule has 3 atom stereocenters. The number of carbonyl (C=O) groups is 4. The summed E-state index contributed by atoms with van der Waals surface area (Å²) in [5.41, 5.74) is -1.55. The van der Waals surface area contributed by atoms with Gasteiger partial charge in [-0.2, -0.15) is 0 Å². The molecule has 0 radical (unpaired) electrons. The summed E-state index contributed by atoms with van der Waals surface area (Å²) < 4.78 is 10.2. The lowest BCUT2D eigenvalue weighted by Crippen LogP contribution is -2.81. The van der Waals surface area contributed by atoms with Crippen molar-refractivity contribution >= 4 is 35.5 Å². The monoisotopic (exact) mass is 436 g/mol. The lowest BCUT2D eigenvalue weighted by Gasteiger charge is -2.55. The predicted octanol–water partition coefficient (Wildman–Crippen LogP) is -0.00420. The number of hydrogen-bond donors (Lipinski definition) is 3. The molecule has 0 saturated carbocycles. The first kappa shape index (κ1) is 21.8. The number of amides is 2. The summed E-state index contributed by atoms with van der Waals surface area (Å²) in [6.45, 7) is 0.928. The van der Waals surface area contributed by atoms with E-state index in [2.05, 4.69) is 5.32 Å². The molecule has 0 aromatic heterocycles. The van der Waals surface area contributed by atoms with Crippen LogP contribution in [0.4, 0.5) is 0 Å². The predicted molar refractivity (Wildman–Crippen MR) is 104 cm³/mol. The molecule has 0 spiro atoms. The van der Waals surface area contributed by atoms with Gasteiger partial charge in [-0.25, -0.2) is 4.79 Å². The third kappa shape index (κ3) is 3.66. The van der Waals surface area contributed by atoms with Gasteiger partial charge >= 0.3 is 11.9 Å². The van der Waals surface area contributed by atoms with E-state index >= 15 is 0 Å². The summed E-state index contributed by atoms with van der Waals surface area (Å²) in [6, 6.07) is 8.14. The summed E-state index contributed by atoms with van der Waals surface area (Å²) in [5, 5.41) is 21.5. The summed E-state index contributed by atoms with van der Waals surface area (Å²) in [4.78, 5) is 49.4. The Labute approximate surface area is 175 Å². The van der Waals surface area contributed by atoms with Crippen molar-refractivity contribution in [3.8, 4) is 0 Å². The first-order valence-electron chi connectivity index (χ1n) is 8.87. The second-order valence-corrected chi connectivity index (χ2v) is 7.69. The van der Waals surface area contributed by atoms with Crippen molar-refractivity contribution < 1.29 is 38.9 Å². The second-order valence-electron chi connectivity index (χ2n) is 6.62. The topological polar surface area (TPSA) is 142 Å². The smallest absolute Gasteiger partial charge is 0.352 e. The number of fused-ring (bicyclic) bond motifs is 1. The molecular weight excluding hydrogens is 416 g/mol. The van der Waals surface area contributed by atoms with Gasteiger partial charge in [0.15, 0.2) is 6.10 Å². The highest BCUT2D eigenvalue weighted by molar-refractivity contribution is 8.00. The average molecular weight is 436 g/mol. The Morgan fingerprint density at radius 3 is 2.57 bits per heavy atom. The van der Waals surface area contributed by atoms with E-state index in [0.717, 1.165) is 16.7 Å². The Balaban J connectivity index is 1.84. The number of thioether (sulfide) groups is 1. The van der Waals surface area contributed by atoms with Crippen molar-refractivity contribution in [2.45, 2.75) is 24.1 Å². The molecule has 1 saturated heterocycles. The number of rotatable bonds is 7. The van der Waals surface area contributed by atoms with Gasteiger partial charge in [-0.3, -0.25) is 19.3 Å². The van der Waals surface area contributed by atoms with Crippen molar-refractivity contribution in [3.63, 3.8) is 0 Å². The second kappa shape index (κ2) is 8.46. The molecule has 0 bridgehead atoms. The summed E-state index contributed by atoms with van der Waals surface area (Å²) in [7, 11) is 1.21. The number of benzene rings is 1. The minimum atomic E-state index is -1.83. The lowest BCUT2D eigenvalue weighted by atomic mass is 9.97. The lowest BCUT2D eigenvalue weighted by molar-refractivity contribution is -0.194. The van der Waals surface area contributed by atoms with Crippen LogP contribution in [0.5, 0.6) is 0 Å². The van der Waals surface area contributed by atoms with E-state index in [1.54, 1.807) is 30.3 Å². The SMILES string of the molecule is CO[C@@]1(NC(=O)C(O)c2ccccc2)C(=O)N2C(C(=O)O)=C(COC(C)=O)CS[C@@H]21. The molecule has 160 valence electrons. The molecule has 2 aliphatic rings. The van der Waals surface area contributed by atoms with Gasteiger partial charge in [0.1, 0.15) is 17.7 Å². The number of hydrogen-bond acceptors (Lipinski definition) is 8. The zero-order valence-corrected chi connectivity index (χ0v) is 17.0. The summed E-state index contributed by atoms with van der Waals surface area (Å²) in [6.07, 6.45) is -1.54. The van der Waals surface area contributed by atoms with Gasteiger partial charge in [0.2, 0.25) is 0 Å². The van der Waals surface area contributed by atoms with Crippen molar-refractivity contribution in [1.29, 1.82) is 0 Å². The van der Waals surface area contributed by atoms with Crippen LogP contribution in [0, 0.1) is 0 Å². The van der Waals surface area contributed by atoms with Crippen molar-refractivity contribution in [2.75, 3.05) is 19.5 Å². The molecule has 1 unspecified atom stereocenters. The van der Waals surface area contributed by atoms with Crippen molar-refractivity contribution in [3.05, 3.63) is 47.2 Å². The Kier molecular flexibility index (Phi) is 6.15. The molecule has 2 amide bonds. The fourth-order valence-corrected chi connectivity index (χ4v) is 4.70. The van der Waals surface area contributed by atoms with Gasteiger partial charge in [-0.15, -0.1) is 11.8 Å². The molecule has 1 aromatic rings. The van der Waals surface area contributed by atoms with E-state index in [-0.39, 0.29) is 23.6 Å². The van der Waals surface area contributed by atoms with Crippen molar-refractivity contribution in [2.24, 2.45) is 0 Å². The highest BCUT2D eigenvalue weighted by Gasteiger charge is 2.66. The van der Waals surface area contributed by atoms with E-state index in [1.165, 1.54) is 14.0 Å². The van der Waals surface area contributed by atoms with Crippen LogP contribution in [0.25, 0.3) is 0 Å². The molecule has 10 nitrogen and oxygen atoms in total. The molecule has 3 N–H and O–H groups in total. The fourth-order valence-electron chi connectivity index (χ4n) is 3.28. The van der Waals surface area contributed by atoms with Crippen LogP contribution in [-0.4, -0.2) is 69.4 Å². The quantitative estimate of drug-likeness (QED) is 0.306. The van der Waals surface area contributed by atoms with E-state index in [4.69, 9.17) is 9.47 Å². The molecule has 2 heterocycles. The minimum Gasteiger partial charge on any atom is -0.477 e. The maximum absolute atomic E-state index is 12.9. The maximum atomic E-state index is 12.9. The molecular formula is C19H20N2O8S. The average Bonchev–Trinajstić information content (AvgIpc) is 2.74. The largest absolute Gasteiger partial charge is 0.477 e. The van der Waals surface area contributed by atoms with E-state index in [1.807, 2.05) is 0 Å². The highest BCUT2D eigenvalue weighted by Crippen LogP contribution is 2.46. The number of aliphatic hydroxyl groups excluding tert-OH is 1. The number of methoxy groups -OCH3 is 1. The number of aliphatic carboxylic acids is 1. The maximum Gasteiger partial charge on any atom is 0.352 e. The van der Waals surface area contributed by atoms with Gasteiger partial charge in [0.05, 0.1) is 0 Å². The van der Waals surface area contributed by atoms with Crippen LogP contribution in [0.1, 0.15) is 18.6 Å². The Bertz CT molecular complexity index is 918. The van der Waals surface area contributed by atoms with Gasteiger partial charge < -0.3 is 25.0 Å². The van der Waals surface area contributed by atoms with Crippen LogP contribution in [0.15, 0.2) is 41.6 Å². The number of nitrogens with one attached hydrogen (secondary N) is 1. The number of carbonyl (C=O) groups excluding carboxylic acids is 3. The summed E-state index contributed by atoms with van der Waals surface area (Å²) >= 11 is 1.15. The van der Waals surface area contributed by atoms with Crippen LogP contribution in [0.3, 0.4) is 0 Å². The zero-order chi connectivity index (χ0) is 22.1. The molecule has 2 aliphatic heterocycles. The number of carboxylic acid groups (broad SMARTS) is 1. The van der Waals surface area contributed by atoms with Crippen molar-refractivity contribution in [1.82, 2.24) is 10.2 Å². The first-order valence-corrected chi connectivity index (χ1v) is 9.92. The third-order valence-corrected chi connectivity index (χ3v) is 6.13. The normalized spacial score (nSPS) is 23.9. The summed E-state index contributed by atoms with van der Waals surface area (Å²) in [5.74, 6) is -3.46. The van der Waals surface area contributed by atoms with Crippen LogP contribution in [-0.2, 0) is 28.7 Å². The number of β-lactam (4-membered cyclic amide) rings is 1. The molecule has 1 aromatic carbocycles. The number of ether oxygens (including phenoxy) is 2. The van der Waals surface area contributed by atoms with E-state index < -0.39 is 41.0 Å². The van der Waals surface area contributed by atoms with Gasteiger partial charge in [0, 0.05) is 25.4 Å². The number of esters is 1. The third-order valence-electron chi connectivity index (χ3n) is 4.76. The molecule has 3 rings (SSSR count). The molecule has 0 aliphatic carbocycles. The molecule has 11 heteroatoms. The number of aliphatic hydroxyl groups is 1. The Morgan fingerprint density at radius 2 is 2.00 bits per heavy atom. The van der Waals surface area contributed by atoms with Crippen LogP contribution < -0.4 is 5.32 Å². The first-order chi connectivity index (χ1) is 14.2. The van der Waals surface area contributed by atoms with Crippen LogP contribution in [0.2, 0.25) is 0 Å². The molecule has 1 fully saturated rings. The molecule has 30 heavy (non-hydrogen) atoms. The standard InChI is InChI=1S/C19H20N2O8S/c1-10(22)29-8-12-9-30-18-19(28-2,17(27)21(18)13(12)16(25)26)20-15(24)14(23)11-6-4-3-5-7-11/h3-7,14,18,23H,8-9H2,1-2H3,(H,20,24)(H,25,26)/t14?,18-,19+/m1/s1. The van der Waals surface area contributed by atoms with Gasteiger partial charge in [0.25, 0.3) is 17.5 Å². The fraction of sp³-hybridized carbons (Fsp3) is 0.368. The van der Waals surface area contributed by atoms with E-state index in [9.17, 15) is 29.4 Å². The minimum absolute atomic E-state index is 0.144. The number of carboxylic acids is 1. The number of nitrogens with zero attached hydrogens (tertiary/aromatic N) is 1. The zero-order valence-electron chi connectivity index (χ0n) is 16.2. The van der Waals surface area contributed by atoms with Gasteiger partial charge in [-0.1, -0.05) is 30.3 Å². The Morgan fingerprint density at radius 1 is 1.33 bits per heavy atom. The van der Waals surface area contributed by atoms with Gasteiger partial charge in [-0.05, 0) is 5.56 Å². The van der Waals surface area contributed by atoms with Crippen LogP contribution >= 0.6 is 11.8 Å².